The zero-order valence-electron chi connectivity index (χ0n) is 13.4. The van der Waals surface area contributed by atoms with Gasteiger partial charge in [-0.15, -0.1) is 0 Å². The Kier molecular flexibility index (Phi) is 4.82. The number of benzene rings is 2. The summed E-state index contributed by atoms with van der Waals surface area (Å²) < 4.78 is 5.35. The highest BCUT2D eigenvalue weighted by molar-refractivity contribution is 6.33. The number of nitrogens with zero attached hydrogens (tertiary/aromatic N) is 2. The maximum absolute atomic E-state index is 6.19. The standard InChI is InChI=1S/C18H17ClN4O/c1-12-20-17(22-14-8-4-3-7-13(14)19)11-18(21-12)23-15-9-5-6-10-16(15)24-2/h3-11H,1-2H3,(H2,20,21,22,23). The Balaban J connectivity index is 1.88. The van der Waals surface area contributed by atoms with Crippen LogP contribution in [-0.4, -0.2) is 17.1 Å². The second-order valence-corrected chi connectivity index (χ2v) is 5.52. The average molecular weight is 341 g/mol. The lowest BCUT2D eigenvalue weighted by molar-refractivity contribution is 0.417. The number of rotatable bonds is 5. The highest BCUT2D eigenvalue weighted by Crippen LogP contribution is 2.28. The van der Waals surface area contributed by atoms with Crippen LogP contribution in [0.2, 0.25) is 5.02 Å². The quantitative estimate of drug-likeness (QED) is 0.689. The van der Waals surface area contributed by atoms with Crippen LogP contribution in [0.15, 0.2) is 54.6 Å². The minimum Gasteiger partial charge on any atom is -0.495 e. The molecule has 0 aliphatic heterocycles. The maximum atomic E-state index is 6.19. The lowest BCUT2D eigenvalue weighted by Gasteiger charge is -2.13. The van der Waals surface area contributed by atoms with Gasteiger partial charge >= 0.3 is 0 Å². The molecule has 0 amide bonds. The summed E-state index contributed by atoms with van der Waals surface area (Å²) in [5.74, 6) is 2.72. The van der Waals surface area contributed by atoms with Gasteiger partial charge in [-0.25, -0.2) is 9.97 Å². The Hall–Kier alpha value is -2.79. The number of halogens is 1. The van der Waals surface area contributed by atoms with E-state index in [2.05, 4.69) is 20.6 Å². The van der Waals surface area contributed by atoms with Crippen LogP contribution in [-0.2, 0) is 0 Å². The maximum Gasteiger partial charge on any atom is 0.142 e. The number of hydrogen-bond acceptors (Lipinski definition) is 5. The third kappa shape index (κ3) is 3.75. The number of hydrogen-bond donors (Lipinski definition) is 2. The molecule has 0 bridgehead atoms. The van der Waals surface area contributed by atoms with E-state index in [0.717, 1.165) is 17.1 Å². The van der Waals surface area contributed by atoms with Crippen molar-refractivity contribution in [2.45, 2.75) is 6.92 Å². The van der Waals surface area contributed by atoms with E-state index in [1.54, 1.807) is 7.11 Å². The van der Waals surface area contributed by atoms with Crippen LogP contribution in [0.1, 0.15) is 5.82 Å². The molecule has 0 spiro atoms. The van der Waals surface area contributed by atoms with Crippen LogP contribution in [0.4, 0.5) is 23.0 Å². The fraction of sp³-hybridized carbons (Fsp3) is 0.111. The molecule has 0 fully saturated rings. The summed E-state index contributed by atoms with van der Waals surface area (Å²) in [5.41, 5.74) is 1.63. The lowest BCUT2D eigenvalue weighted by atomic mass is 10.3. The summed E-state index contributed by atoms with van der Waals surface area (Å²) in [7, 11) is 1.64. The van der Waals surface area contributed by atoms with Crippen molar-refractivity contribution in [2.24, 2.45) is 0 Å². The number of aryl methyl sites for hydroxylation is 1. The molecular weight excluding hydrogens is 324 g/mol. The van der Waals surface area contributed by atoms with Crippen LogP contribution >= 0.6 is 11.6 Å². The Morgan fingerprint density at radius 2 is 1.46 bits per heavy atom. The highest BCUT2D eigenvalue weighted by Gasteiger charge is 2.07. The largest absolute Gasteiger partial charge is 0.495 e. The van der Waals surface area contributed by atoms with Crippen molar-refractivity contribution < 1.29 is 4.74 Å². The molecular formula is C18H17ClN4O. The molecule has 0 aliphatic carbocycles. The molecule has 3 aromatic rings. The number of aromatic nitrogens is 2. The summed E-state index contributed by atoms with van der Waals surface area (Å²) in [6.07, 6.45) is 0. The SMILES string of the molecule is COc1ccccc1Nc1cc(Nc2ccccc2Cl)nc(C)n1. The first kappa shape index (κ1) is 16.1. The second-order valence-electron chi connectivity index (χ2n) is 5.12. The van der Waals surface area contributed by atoms with Crippen molar-refractivity contribution in [2.75, 3.05) is 17.7 Å². The van der Waals surface area contributed by atoms with Crippen LogP contribution in [0.5, 0.6) is 5.75 Å². The molecule has 122 valence electrons. The van der Waals surface area contributed by atoms with Crippen molar-refractivity contribution in [1.29, 1.82) is 0 Å². The molecule has 0 atom stereocenters. The summed E-state index contributed by atoms with van der Waals surface area (Å²) >= 11 is 6.19. The predicted octanol–water partition coefficient (Wildman–Crippen LogP) is 4.93. The first-order valence-corrected chi connectivity index (χ1v) is 7.81. The fourth-order valence-electron chi connectivity index (χ4n) is 2.28. The van der Waals surface area contributed by atoms with Gasteiger partial charge in [0.05, 0.1) is 23.5 Å². The molecule has 24 heavy (non-hydrogen) atoms. The summed E-state index contributed by atoms with van der Waals surface area (Å²) in [5, 5.41) is 7.10. The van der Waals surface area contributed by atoms with Crippen molar-refractivity contribution >= 4 is 34.6 Å². The van der Waals surface area contributed by atoms with Gasteiger partial charge < -0.3 is 15.4 Å². The Labute approximate surface area is 145 Å². The molecule has 0 aliphatic rings. The molecule has 0 saturated heterocycles. The van der Waals surface area contributed by atoms with Gasteiger partial charge in [-0.2, -0.15) is 0 Å². The van der Waals surface area contributed by atoms with Gasteiger partial charge in [0, 0.05) is 6.07 Å². The van der Waals surface area contributed by atoms with Gasteiger partial charge in [0.1, 0.15) is 23.2 Å². The summed E-state index contributed by atoms with van der Waals surface area (Å²) in [6.45, 7) is 1.84. The van der Waals surface area contributed by atoms with Gasteiger partial charge in [0.2, 0.25) is 0 Å². The Morgan fingerprint density at radius 1 is 0.875 bits per heavy atom. The number of methoxy groups -OCH3 is 1. The normalized spacial score (nSPS) is 10.3. The Bertz CT molecular complexity index is 854. The number of ether oxygens (including phenoxy) is 1. The van der Waals surface area contributed by atoms with Gasteiger partial charge in [-0.05, 0) is 31.2 Å². The summed E-state index contributed by atoms with van der Waals surface area (Å²) in [4.78, 5) is 8.82. The average Bonchev–Trinajstić information content (AvgIpc) is 2.57. The van der Waals surface area contributed by atoms with Crippen molar-refractivity contribution in [3.63, 3.8) is 0 Å². The third-order valence-corrected chi connectivity index (χ3v) is 3.67. The van der Waals surface area contributed by atoms with E-state index in [9.17, 15) is 0 Å². The molecule has 0 unspecified atom stereocenters. The van der Waals surface area contributed by atoms with Crippen molar-refractivity contribution in [3.05, 3.63) is 65.4 Å². The summed E-state index contributed by atoms with van der Waals surface area (Å²) in [6, 6.07) is 17.0. The van der Waals surface area contributed by atoms with E-state index in [4.69, 9.17) is 16.3 Å². The zero-order valence-corrected chi connectivity index (χ0v) is 14.1. The van der Waals surface area contributed by atoms with E-state index in [-0.39, 0.29) is 0 Å². The highest BCUT2D eigenvalue weighted by atomic mass is 35.5. The molecule has 0 saturated carbocycles. The molecule has 1 heterocycles. The first-order chi connectivity index (χ1) is 11.7. The van der Waals surface area contributed by atoms with Crippen LogP contribution in [0, 0.1) is 6.92 Å². The van der Waals surface area contributed by atoms with Crippen LogP contribution in [0.3, 0.4) is 0 Å². The predicted molar refractivity (Wildman–Crippen MR) is 97.8 cm³/mol. The van der Waals surface area contributed by atoms with E-state index in [1.165, 1.54) is 0 Å². The third-order valence-electron chi connectivity index (χ3n) is 3.34. The van der Waals surface area contributed by atoms with E-state index < -0.39 is 0 Å². The van der Waals surface area contributed by atoms with Crippen LogP contribution in [0.25, 0.3) is 0 Å². The molecule has 2 N–H and O–H groups in total. The molecule has 1 aromatic heterocycles. The fourth-order valence-corrected chi connectivity index (χ4v) is 2.47. The second kappa shape index (κ2) is 7.19. The van der Waals surface area contributed by atoms with Crippen molar-refractivity contribution in [3.8, 4) is 5.75 Å². The molecule has 5 nitrogen and oxygen atoms in total. The minimum absolute atomic E-state index is 0.632. The number of nitrogens with one attached hydrogen (secondary N) is 2. The number of anilines is 4. The number of para-hydroxylation sites is 3. The van der Waals surface area contributed by atoms with Gasteiger partial charge in [-0.1, -0.05) is 35.9 Å². The molecule has 6 heteroatoms. The smallest absolute Gasteiger partial charge is 0.142 e. The van der Waals surface area contributed by atoms with Crippen molar-refractivity contribution in [1.82, 2.24) is 9.97 Å². The topological polar surface area (TPSA) is 59.1 Å². The van der Waals surface area contributed by atoms with Gasteiger partial charge in [0.25, 0.3) is 0 Å². The monoisotopic (exact) mass is 340 g/mol. The molecule has 2 aromatic carbocycles. The Morgan fingerprint density at radius 3 is 2.12 bits per heavy atom. The molecule has 3 rings (SSSR count). The van der Waals surface area contributed by atoms with E-state index in [1.807, 2.05) is 61.5 Å². The van der Waals surface area contributed by atoms with Gasteiger partial charge in [-0.3, -0.25) is 0 Å². The van der Waals surface area contributed by atoms with E-state index >= 15 is 0 Å². The first-order valence-electron chi connectivity index (χ1n) is 7.43. The zero-order chi connectivity index (χ0) is 16.9. The molecule has 0 radical (unpaired) electrons. The van der Waals surface area contributed by atoms with Crippen LogP contribution < -0.4 is 15.4 Å². The minimum atomic E-state index is 0.632. The lowest BCUT2D eigenvalue weighted by Crippen LogP contribution is -2.02. The van der Waals surface area contributed by atoms with Gasteiger partial charge in [0.15, 0.2) is 0 Å². The van der Waals surface area contributed by atoms with E-state index in [0.29, 0.717) is 22.5 Å².